The van der Waals surface area contributed by atoms with E-state index < -0.39 is 0 Å². The van der Waals surface area contributed by atoms with Crippen LogP contribution in [0.25, 0.3) is 0 Å². The van der Waals surface area contributed by atoms with E-state index in [1.165, 1.54) is 0 Å². The first-order chi connectivity index (χ1) is 6.01. The quantitative estimate of drug-likeness (QED) is 0.683. The number of nitrogens with zero attached hydrogens (tertiary/aromatic N) is 1. The van der Waals surface area contributed by atoms with Crippen LogP contribution < -0.4 is 10.1 Å². The molecule has 13 heavy (non-hydrogen) atoms. The van der Waals surface area contributed by atoms with Gasteiger partial charge in [0.25, 0.3) is 0 Å². The molecule has 1 rings (SSSR count). The maximum Gasteiger partial charge on any atom is 0.246 e. The Bertz CT molecular complexity index is 258. The van der Waals surface area contributed by atoms with Crippen molar-refractivity contribution < 1.29 is 4.74 Å². The second-order valence-electron chi connectivity index (χ2n) is 3.98. The lowest BCUT2D eigenvalue weighted by molar-refractivity contribution is 0.414. The summed E-state index contributed by atoms with van der Waals surface area (Å²) in [5.74, 6) is 0.868. The zero-order valence-electron chi connectivity index (χ0n) is 8.66. The summed E-state index contributed by atoms with van der Waals surface area (Å²) in [4.78, 5) is 0. The van der Waals surface area contributed by atoms with Crippen molar-refractivity contribution >= 4 is 5.69 Å². The molecule has 0 atom stereocenters. The molecule has 0 fully saturated rings. The molecule has 0 aliphatic rings. The Morgan fingerprint density at radius 1 is 1.08 bits per heavy atom. The predicted molar refractivity (Wildman–Crippen MR) is 54.5 cm³/mol. The Kier molecular flexibility index (Phi) is 2.94. The maximum absolute atomic E-state index is 5.06. The zero-order chi connectivity index (χ0) is 9.90. The summed E-state index contributed by atoms with van der Waals surface area (Å²) >= 11 is 0. The molecule has 0 aromatic heterocycles. The zero-order valence-corrected chi connectivity index (χ0v) is 8.66. The summed E-state index contributed by atoms with van der Waals surface area (Å²) in [6, 6.07) is 7.77. The molecule has 1 aromatic carbocycles. The van der Waals surface area contributed by atoms with Crippen molar-refractivity contribution in [3.05, 3.63) is 24.3 Å². The maximum atomic E-state index is 5.06. The fourth-order valence-corrected chi connectivity index (χ4v) is 1.04. The number of ether oxygens (including phenoxy) is 1. The Morgan fingerprint density at radius 2 is 1.62 bits per heavy atom. The van der Waals surface area contributed by atoms with E-state index in [1.54, 1.807) is 7.11 Å². The standard InChI is InChI=1S/C11H16NO/c1-11(2,3)12-9-5-7-10(13-4)8-6-9/h5-8H,1-4H3/q+1. The van der Waals surface area contributed by atoms with Gasteiger partial charge in [0.2, 0.25) is 11.2 Å². The Morgan fingerprint density at radius 3 is 2.00 bits per heavy atom. The van der Waals surface area contributed by atoms with E-state index in [9.17, 15) is 0 Å². The molecule has 2 radical (unpaired) electrons. The second kappa shape index (κ2) is 3.79. The van der Waals surface area contributed by atoms with Gasteiger partial charge in [0, 0.05) is 32.9 Å². The van der Waals surface area contributed by atoms with E-state index >= 15 is 0 Å². The van der Waals surface area contributed by atoms with Crippen LogP contribution in [0.15, 0.2) is 24.3 Å². The van der Waals surface area contributed by atoms with Crippen LogP contribution in [0.4, 0.5) is 5.69 Å². The highest BCUT2D eigenvalue weighted by atomic mass is 16.5. The lowest BCUT2D eigenvalue weighted by Crippen LogP contribution is -2.24. The summed E-state index contributed by atoms with van der Waals surface area (Å²) in [7, 11) is 1.66. The van der Waals surface area contributed by atoms with Crippen LogP contribution in [0.2, 0.25) is 0 Å². The van der Waals surface area contributed by atoms with Crippen molar-refractivity contribution in [1.82, 2.24) is 5.32 Å². The summed E-state index contributed by atoms with van der Waals surface area (Å²) in [6.07, 6.45) is 0. The van der Waals surface area contributed by atoms with Crippen LogP contribution in [0, 0.1) is 0 Å². The molecule has 0 saturated heterocycles. The smallest absolute Gasteiger partial charge is 0.246 e. The van der Waals surface area contributed by atoms with Crippen molar-refractivity contribution in [1.29, 1.82) is 0 Å². The lowest BCUT2D eigenvalue weighted by atomic mass is 10.1. The van der Waals surface area contributed by atoms with Gasteiger partial charge in [0.05, 0.1) is 7.11 Å². The first kappa shape index (κ1) is 10.1. The molecule has 0 saturated carbocycles. The average Bonchev–Trinajstić information content (AvgIpc) is 2.03. The SMILES string of the molecule is COc1ccc([N+]C(C)(C)C)cc1. The second-order valence-corrected chi connectivity index (χ2v) is 3.98. The van der Waals surface area contributed by atoms with E-state index in [4.69, 9.17) is 4.74 Å². The van der Waals surface area contributed by atoms with Gasteiger partial charge in [-0.05, 0) is 12.1 Å². The Balaban J connectivity index is 2.70. The molecular formula is C11H16NO+. The molecule has 0 bridgehead atoms. The molecule has 0 amide bonds. The Hall–Kier alpha value is -1.02. The summed E-state index contributed by atoms with van der Waals surface area (Å²) in [5, 5.41) is 4.51. The predicted octanol–water partition coefficient (Wildman–Crippen LogP) is 2.73. The van der Waals surface area contributed by atoms with E-state index in [-0.39, 0.29) is 5.54 Å². The molecule has 70 valence electrons. The third kappa shape index (κ3) is 3.47. The van der Waals surface area contributed by atoms with Crippen LogP contribution >= 0.6 is 0 Å². The van der Waals surface area contributed by atoms with Crippen LogP contribution in [-0.4, -0.2) is 12.6 Å². The number of rotatable bonds is 2. The molecule has 0 spiro atoms. The van der Waals surface area contributed by atoms with Crippen LogP contribution in [0.5, 0.6) is 5.75 Å². The Labute approximate surface area is 79.9 Å². The van der Waals surface area contributed by atoms with Gasteiger partial charge in [-0.2, -0.15) is 0 Å². The molecule has 0 unspecified atom stereocenters. The minimum atomic E-state index is -0.0193. The molecule has 2 heteroatoms. The highest BCUT2D eigenvalue weighted by Crippen LogP contribution is 2.18. The topological polar surface area (TPSA) is 23.3 Å². The van der Waals surface area contributed by atoms with Gasteiger partial charge in [0.15, 0.2) is 0 Å². The van der Waals surface area contributed by atoms with Crippen LogP contribution in [0.1, 0.15) is 20.8 Å². The molecule has 0 heterocycles. The monoisotopic (exact) mass is 178 g/mol. The normalized spacial score (nSPS) is 11.4. The highest BCUT2D eigenvalue weighted by Gasteiger charge is 2.27. The van der Waals surface area contributed by atoms with E-state index in [1.807, 2.05) is 24.3 Å². The van der Waals surface area contributed by atoms with Crippen LogP contribution in [0.3, 0.4) is 0 Å². The van der Waals surface area contributed by atoms with Gasteiger partial charge in [0.1, 0.15) is 11.1 Å². The third-order valence-corrected chi connectivity index (χ3v) is 1.54. The van der Waals surface area contributed by atoms with Gasteiger partial charge >= 0.3 is 0 Å². The number of hydrogen-bond donors (Lipinski definition) is 0. The minimum Gasteiger partial charge on any atom is -0.497 e. The van der Waals surface area contributed by atoms with Gasteiger partial charge in [-0.3, -0.25) is 0 Å². The third-order valence-electron chi connectivity index (χ3n) is 1.54. The lowest BCUT2D eigenvalue weighted by Gasteiger charge is -2.03. The van der Waals surface area contributed by atoms with Crippen molar-refractivity contribution in [2.75, 3.05) is 7.11 Å². The molecule has 0 N–H and O–H groups in total. The van der Waals surface area contributed by atoms with Gasteiger partial charge in [-0.1, -0.05) is 0 Å². The largest absolute Gasteiger partial charge is 0.497 e. The average molecular weight is 178 g/mol. The molecule has 2 nitrogen and oxygen atoms in total. The first-order valence-corrected chi connectivity index (χ1v) is 4.38. The highest BCUT2D eigenvalue weighted by molar-refractivity contribution is 5.41. The van der Waals surface area contributed by atoms with Crippen molar-refractivity contribution in [2.45, 2.75) is 26.3 Å². The van der Waals surface area contributed by atoms with Gasteiger partial charge in [-0.15, -0.1) is 0 Å². The van der Waals surface area contributed by atoms with Gasteiger partial charge < -0.3 is 4.74 Å². The van der Waals surface area contributed by atoms with Gasteiger partial charge in [-0.25, -0.2) is 0 Å². The molecular weight excluding hydrogens is 162 g/mol. The summed E-state index contributed by atoms with van der Waals surface area (Å²) < 4.78 is 5.06. The number of hydrogen-bond acceptors (Lipinski definition) is 1. The van der Waals surface area contributed by atoms with E-state index in [0.29, 0.717) is 0 Å². The minimum absolute atomic E-state index is 0.0193. The first-order valence-electron chi connectivity index (χ1n) is 4.38. The van der Waals surface area contributed by atoms with Crippen molar-refractivity contribution in [3.63, 3.8) is 0 Å². The van der Waals surface area contributed by atoms with E-state index in [0.717, 1.165) is 11.4 Å². The number of methoxy groups -OCH3 is 1. The van der Waals surface area contributed by atoms with E-state index in [2.05, 4.69) is 26.1 Å². The number of benzene rings is 1. The summed E-state index contributed by atoms with van der Waals surface area (Å²) in [6.45, 7) is 6.24. The van der Waals surface area contributed by atoms with Crippen molar-refractivity contribution in [3.8, 4) is 5.75 Å². The molecule has 0 aliphatic carbocycles. The molecule has 0 aliphatic heterocycles. The fourth-order valence-electron chi connectivity index (χ4n) is 1.04. The molecule has 1 aromatic rings. The summed E-state index contributed by atoms with van der Waals surface area (Å²) in [5.41, 5.74) is 0.975. The fraction of sp³-hybridized carbons (Fsp3) is 0.455. The van der Waals surface area contributed by atoms with Crippen LogP contribution in [-0.2, 0) is 0 Å². The van der Waals surface area contributed by atoms with Crippen molar-refractivity contribution in [2.24, 2.45) is 0 Å².